The van der Waals surface area contributed by atoms with Crippen LogP contribution in [0.1, 0.15) is 49.7 Å². The molecule has 122 valence electrons. The number of aromatic nitrogens is 1. The van der Waals surface area contributed by atoms with Gasteiger partial charge in [-0.1, -0.05) is 26.2 Å². The number of unbranched alkanes of at least 4 members (excludes halogenated alkanes) is 3. The lowest BCUT2D eigenvalue weighted by atomic mass is 10.1. The van der Waals surface area contributed by atoms with Gasteiger partial charge in [0.1, 0.15) is 12.3 Å². The van der Waals surface area contributed by atoms with Crippen LogP contribution in [0.2, 0.25) is 0 Å². The molecule has 0 saturated heterocycles. The van der Waals surface area contributed by atoms with Crippen LogP contribution in [0.25, 0.3) is 0 Å². The molecule has 3 N–H and O–H groups in total. The summed E-state index contributed by atoms with van der Waals surface area (Å²) < 4.78 is 9.82. The molecule has 0 fully saturated rings. The van der Waals surface area contributed by atoms with Crippen molar-refractivity contribution in [1.29, 1.82) is 0 Å². The molecule has 1 aromatic rings. The van der Waals surface area contributed by atoms with Crippen LogP contribution in [0.4, 0.5) is 4.79 Å². The number of carbonyl (C=O) groups is 3. The van der Waals surface area contributed by atoms with Crippen LogP contribution in [0, 0.1) is 0 Å². The molecule has 1 rings (SSSR count). The number of alkyl carbamates (subject to hydrolysis) is 1. The highest BCUT2D eigenvalue weighted by molar-refractivity contribution is 6.00. The fourth-order valence-electron chi connectivity index (χ4n) is 1.78. The summed E-state index contributed by atoms with van der Waals surface area (Å²) in [5.74, 6) is -1.56. The molecule has 2 amide bonds. The van der Waals surface area contributed by atoms with Crippen LogP contribution < -0.4 is 11.1 Å². The van der Waals surface area contributed by atoms with E-state index in [2.05, 4.69) is 17.2 Å². The smallest absolute Gasteiger partial charge is 0.407 e. The molecule has 0 spiro atoms. The predicted octanol–water partition coefficient (Wildman–Crippen LogP) is 1.41. The number of Topliss-reactive ketones (excluding diaryl/α,β-unsaturated/α-hetero) is 1. The highest BCUT2D eigenvalue weighted by atomic mass is 16.5. The molecule has 0 aliphatic heterocycles. The van der Waals surface area contributed by atoms with Gasteiger partial charge in [0.2, 0.25) is 11.7 Å². The number of hydrogen-bond acceptors (Lipinski definition) is 6. The first kappa shape index (κ1) is 17.7. The summed E-state index contributed by atoms with van der Waals surface area (Å²) in [4.78, 5) is 38.4. The SMILES string of the molecule is CCCCCCOC(=O)N[C@H](CC(N)=O)C(=O)c1ncco1. The minimum Gasteiger partial charge on any atom is -0.450 e. The van der Waals surface area contributed by atoms with E-state index in [1.165, 1.54) is 12.5 Å². The third-order valence-corrected chi connectivity index (χ3v) is 2.89. The Morgan fingerprint density at radius 2 is 2.14 bits per heavy atom. The number of ketones is 1. The van der Waals surface area contributed by atoms with Crippen molar-refractivity contribution in [3.8, 4) is 0 Å². The second-order valence-electron chi connectivity index (χ2n) is 4.77. The fourth-order valence-corrected chi connectivity index (χ4v) is 1.78. The van der Waals surface area contributed by atoms with Crippen molar-refractivity contribution in [1.82, 2.24) is 10.3 Å². The monoisotopic (exact) mass is 311 g/mol. The average molecular weight is 311 g/mol. The number of ether oxygens (including phenoxy) is 1. The summed E-state index contributed by atoms with van der Waals surface area (Å²) in [5, 5.41) is 2.32. The van der Waals surface area contributed by atoms with Crippen molar-refractivity contribution >= 4 is 17.8 Å². The van der Waals surface area contributed by atoms with E-state index in [1.54, 1.807) is 0 Å². The molecule has 0 aliphatic rings. The molecule has 0 aliphatic carbocycles. The molecule has 0 bridgehead atoms. The Bertz CT molecular complexity index is 487. The number of oxazole rings is 1. The highest BCUT2D eigenvalue weighted by Gasteiger charge is 2.27. The van der Waals surface area contributed by atoms with Crippen LogP contribution in [0.3, 0.4) is 0 Å². The van der Waals surface area contributed by atoms with E-state index in [9.17, 15) is 14.4 Å². The van der Waals surface area contributed by atoms with Crippen LogP contribution in [0.5, 0.6) is 0 Å². The Hall–Kier alpha value is -2.38. The first-order valence-corrected chi connectivity index (χ1v) is 7.20. The van der Waals surface area contributed by atoms with E-state index in [0.29, 0.717) is 0 Å². The van der Waals surface area contributed by atoms with Gasteiger partial charge < -0.3 is 20.2 Å². The zero-order valence-electron chi connectivity index (χ0n) is 12.5. The molecule has 1 aromatic heterocycles. The summed E-state index contributed by atoms with van der Waals surface area (Å²) in [6.07, 6.45) is 5.24. The van der Waals surface area contributed by atoms with E-state index in [1.807, 2.05) is 0 Å². The normalized spacial score (nSPS) is 11.7. The molecule has 8 heteroatoms. The lowest BCUT2D eigenvalue weighted by Gasteiger charge is -2.14. The van der Waals surface area contributed by atoms with Gasteiger partial charge in [0.05, 0.1) is 19.2 Å². The first-order chi connectivity index (χ1) is 10.5. The zero-order chi connectivity index (χ0) is 16.4. The van der Waals surface area contributed by atoms with Gasteiger partial charge >= 0.3 is 6.09 Å². The molecule has 0 aromatic carbocycles. The van der Waals surface area contributed by atoms with Crippen molar-refractivity contribution in [3.05, 3.63) is 18.4 Å². The number of nitrogens with two attached hydrogens (primary N) is 1. The Kier molecular flexibility index (Phi) is 7.66. The van der Waals surface area contributed by atoms with Gasteiger partial charge in [0, 0.05) is 0 Å². The van der Waals surface area contributed by atoms with Gasteiger partial charge in [0.25, 0.3) is 5.89 Å². The number of carbonyl (C=O) groups excluding carboxylic acids is 3. The third kappa shape index (κ3) is 6.38. The number of nitrogens with one attached hydrogen (secondary N) is 1. The van der Waals surface area contributed by atoms with Gasteiger partial charge in [0.15, 0.2) is 0 Å². The van der Waals surface area contributed by atoms with Gasteiger partial charge in [-0.15, -0.1) is 0 Å². The first-order valence-electron chi connectivity index (χ1n) is 7.20. The summed E-state index contributed by atoms with van der Waals surface area (Å²) in [6, 6.07) is -1.15. The van der Waals surface area contributed by atoms with E-state index in [4.69, 9.17) is 14.9 Å². The van der Waals surface area contributed by atoms with E-state index in [-0.39, 0.29) is 18.9 Å². The third-order valence-electron chi connectivity index (χ3n) is 2.89. The second-order valence-corrected chi connectivity index (χ2v) is 4.77. The number of amides is 2. The van der Waals surface area contributed by atoms with Gasteiger partial charge in [-0.25, -0.2) is 9.78 Å². The van der Waals surface area contributed by atoms with Gasteiger partial charge in [-0.2, -0.15) is 0 Å². The van der Waals surface area contributed by atoms with Gasteiger partial charge in [-0.3, -0.25) is 9.59 Å². The summed E-state index contributed by atoms with van der Waals surface area (Å²) in [5.41, 5.74) is 5.08. The van der Waals surface area contributed by atoms with E-state index in [0.717, 1.165) is 25.7 Å². The summed E-state index contributed by atoms with van der Waals surface area (Å²) in [6.45, 7) is 2.33. The highest BCUT2D eigenvalue weighted by Crippen LogP contribution is 2.05. The predicted molar refractivity (Wildman–Crippen MR) is 77.1 cm³/mol. The van der Waals surface area contributed by atoms with Crippen molar-refractivity contribution in [2.75, 3.05) is 6.61 Å². The Balaban J connectivity index is 2.49. The largest absolute Gasteiger partial charge is 0.450 e. The van der Waals surface area contributed by atoms with Crippen LogP contribution >= 0.6 is 0 Å². The standard InChI is InChI=1S/C14H21N3O5/c1-2-3-4-5-7-22-14(20)17-10(9-11(15)18)12(19)13-16-6-8-21-13/h6,8,10H,2-5,7,9H2,1H3,(H2,15,18)(H,17,20)/t10-/m1/s1. The number of rotatable bonds is 10. The Morgan fingerprint density at radius 3 is 2.73 bits per heavy atom. The topological polar surface area (TPSA) is 125 Å². The van der Waals surface area contributed by atoms with Crippen molar-refractivity contribution in [2.45, 2.75) is 45.1 Å². The molecular weight excluding hydrogens is 290 g/mol. The molecule has 0 saturated carbocycles. The number of nitrogens with zero attached hydrogens (tertiary/aromatic N) is 1. The summed E-state index contributed by atoms with van der Waals surface area (Å²) in [7, 11) is 0. The average Bonchev–Trinajstić information content (AvgIpc) is 2.99. The van der Waals surface area contributed by atoms with Crippen LogP contribution in [0.15, 0.2) is 16.9 Å². The maximum absolute atomic E-state index is 12.1. The maximum Gasteiger partial charge on any atom is 0.407 e. The minimum absolute atomic E-state index is 0.200. The minimum atomic E-state index is -1.15. The fraction of sp³-hybridized carbons (Fsp3) is 0.571. The molecule has 0 unspecified atom stereocenters. The van der Waals surface area contributed by atoms with Crippen molar-refractivity contribution in [3.63, 3.8) is 0 Å². The second kappa shape index (κ2) is 9.54. The lowest BCUT2D eigenvalue weighted by Crippen LogP contribution is -2.43. The quantitative estimate of drug-likeness (QED) is 0.497. The zero-order valence-corrected chi connectivity index (χ0v) is 12.5. The van der Waals surface area contributed by atoms with E-state index >= 15 is 0 Å². The maximum atomic E-state index is 12.1. The van der Waals surface area contributed by atoms with Crippen molar-refractivity contribution < 1.29 is 23.5 Å². The molecule has 1 atom stereocenters. The molecule has 22 heavy (non-hydrogen) atoms. The van der Waals surface area contributed by atoms with Crippen LogP contribution in [-0.2, 0) is 9.53 Å². The number of hydrogen-bond donors (Lipinski definition) is 2. The summed E-state index contributed by atoms with van der Waals surface area (Å²) >= 11 is 0. The van der Waals surface area contributed by atoms with Gasteiger partial charge in [-0.05, 0) is 6.42 Å². The molecule has 0 radical (unpaired) electrons. The Morgan fingerprint density at radius 1 is 1.36 bits per heavy atom. The number of primary amides is 1. The van der Waals surface area contributed by atoms with Crippen LogP contribution in [-0.4, -0.2) is 35.4 Å². The molecule has 1 heterocycles. The molecular formula is C14H21N3O5. The van der Waals surface area contributed by atoms with Crippen molar-refractivity contribution in [2.24, 2.45) is 5.73 Å². The Labute approximate surface area is 128 Å². The van der Waals surface area contributed by atoms with E-state index < -0.39 is 23.8 Å². The molecule has 8 nitrogen and oxygen atoms in total. The lowest BCUT2D eigenvalue weighted by molar-refractivity contribution is -0.118.